The van der Waals surface area contributed by atoms with Gasteiger partial charge in [0.25, 0.3) is 0 Å². The van der Waals surface area contributed by atoms with Gasteiger partial charge in [0, 0.05) is 12.2 Å². The lowest BCUT2D eigenvalue weighted by atomic mass is 10.0. The summed E-state index contributed by atoms with van der Waals surface area (Å²) in [5.74, 6) is -0.136. The van der Waals surface area contributed by atoms with Crippen LogP contribution in [0.5, 0.6) is 0 Å². The number of pyridine rings is 1. The minimum Gasteiger partial charge on any atom is -0.478 e. The largest absolute Gasteiger partial charge is 0.478 e. The molecule has 0 unspecified atom stereocenters. The van der Waals surface area contributed by atoms with Crippen LogP contribution in [0.3, 0.4) is 0 Å². The Hall–Kier alpha value is -1.58. The SMILES string of the molecule is Cc1cc(NCCCCCCC(C)C)c(C(=O)O)c(C)n1. The molecule has 0 aliphatic carbocycles. The van der Waals surface area contributed by atoms with Crippen LogP contribution in [0.15, 0.2) is 6.07 Å². The van der Waals surface area contributed by atoms with Crippen molar-refractivity contribution in [3.05, 3.63) is 23.0 Å². The Bertz CT molecular complexity index is 470. The molecule has 0 radical (unpaired) electrons. The normalized spacial score (nSPS) is 10.9. The zero-order valence-electron chi connectivity index (χ0n) is 13.7. The van der Waals surface area contributed by atoms with E-state index < -0.39 is 5.97 Å². The van der Waals surface area contributed by atoms with Crippen LogP contribution in [0.2, 0.25) is 0 Å². The molecule has 21 heavy (non-hydrogen) atoms. The summed E-state index contributed by atoms with van der Waals surface area (Å²) in [5, 5.41) is 12.5. The molecule has 0 amide bonds. The third-order valence-corrected chi connectivity index (χ3v) is 3.57. The van der Waals surface area contributed by atoms with Crippen molar-refractivity contribution in [3.8, 4) is 0 Å². The highest BCUT2D eigenvalue weighted by Crippen LogP contribution is 2.20. The number of aromatic nitrogens is 1. The summed E-state index contributed by atoms with van der Waals surface area (Å²) in [6.45, 7) is 8.94. The van der Waals surface area contributed by atoms with Gasteiger partial charge in [-0.15, -0.1) is 0 Å². The van der Waals surface area contributed by atoms with Crippen LogP contribution in [-0.2, 0) is 0 Å². The first-order valence-corrected chi connectivity index (χ1v) is 7.87. The van der Waals surface area contributed by atoms with Crippen LogP contribution < -0.4 is 5.32 Å². The maximum absolute atomic E-state index is 11.3. The Morgan fingerprint density at radius 1 is 1.24 bits per heavy atom. The highest BCUT2D eigenvalue weighted by Gasteiger charge is 2.14. The lowest BCUT2D eigenvalue weighted by molar-refractivity contribution is 0.0696. The van der Waals surface area contributed by atoms with E-state index in [0.29, 0.717) is 16.9 Å². The molecular formula is C17H28N2O2. The molecule has 0 atom stereocenters. The average Bonchev–Trinajstić information content (AvgIpc) is 2.35. The van der Waals surface area contributed by atoms with E-state index in [0.717, 1.165) is 24.6 Å². The summed E-state index contributed by atoms with van der Waals surface area (Å²) >= 11 is 0. The first-order valence-electron chi connectivity index (χ1n) is 7.87. The van der Waals surface area contributed by atoms with Crippen LogP contribution in [-0.4, -0.2) is 22.6 Å². The smallest absolute Gasteiger partial charge is 0.339 e. The van der Waals surface area contributed by atoms with Gasteiger partial charge in [-0.25, -0.2) is 4.79 Å². The van der Waals surface area contributed by atoms with Crippen molar-refractivity contribution in [1.29, 1.82) is 0 Å². The third-order valence-electron chi connectivity index (χ3n) is 3.57. The van der Waals surface area contributed by atoms with Crippen molar-refractivity contribution < 1.29 is 9.90 Å². The van der Waals surface area contributed by atoms with E-state index in [1.807, 2.05) is 13.0 Å². The van der Waals surface area contributed by atoms with Crippen molar-refractivity contribution in [2.75, 3.05) is 11.9 Å². The topological polar surface area (TPSA) is 62.2 Å². The first kappa shape index (κ1) is 17.5. The van der Waals surface area contributed by atoms with Gasteiger partial charge in [-0.1, -0.05) is 39.5 Å². The van der Waals surface area contributed by atoms with E-state index in [9.17, 15) is 9.90 Å². The van der Waals surface area contributed by atoms with Gasteiger partial charge < -0.3 is 10.4 Å². The molecule has 0 bridgehead atoms. The van der Waals surface area contributed by atoms with Gasteiger partial charge in [0.15, 0.2) is 0 Å². The predicted octanol–water partition coefficient (Wildman–Crippen LogP) is 4.42. The van der Waals surface area contributed by atoms with Gasteiger partial charge >= 0.3 is 5.97 Å². The average molecular weight is 292 g/mol. The molecule has 0 saturated carbocycles. The molecular weight excluding hydrogens is 264 g/mol. The molecule has 0 aliphatic heterocycles. The number of unbranched alkanes of at least 4 members (excludes halogenated alkanes) is 3. The number of nitrogens with zero attached hydrogens (tertiary/aromatic N) is 1. The molecule has 2 N–H and O–H groups in total. The fraction of sp³-hybridized carbons (Fsp3) is 0.647. The molecule has 0 spiro atoms. The third kappa shape index (κ3) is 6.15. The Kier molecular flexibility index (Phi) is 7.20. The Labute approximate surface area is 128 Å². The number of carbonyl (C=O) groups is 1. The molecule has 0 aliphatic rings. The number of aromatic carboxylic acids is 1. The van der Waals surface area contributed by atoms with E-state index in [2.05, 4.69) is 24.1 Å². The highest BCUT2D eigenvalue weighted by atomic mass is 16.4. The van der Waals surface area contributed by atoms with Gasteiger partial charge in [0.05, 0.1) is 11.4 Å². The minimum absolute atomic E-state index is 0.292. The van der Waals surface area contributed by atoms with Crippen molar-refractivity contribution in [1.82, 2.24) is 4.98 Å². The zero-order chi connectivity index (χ0) is 15.8. The summed E-state index contributed by atoms with van der Waals surface area (Å²) in [4.78, 5) is 15.5. The number of carboxylic acids is 1. The van der Waals surface area contributed by atoms with E-state index in [-0.39, 0.29) is 0 Å². The maximum atomic E-state index is 11.3. The summed E-state index contributed by atoms with van der Waals surface area (Å²) in [6.07, 6.45) is 6.08. The Balaban J connectivity index is 2.43. The second-order valence-electron chi connectivity index (χ2n) is 6.10. The van der Waals surface area contributed by atoms with E-state index in [1.165, 1.54) is 25.7 Å². The number of anilines is 1. The Morgan fingerprint density at radius 3 is 2.52 bits per heavy atom. The number of hydrogen-bond acceptors (Lipinski definition) is 3. The molecule has 0 fully saturated rings. The molecule has 1 aromatic rings. The quantitative estimate of drug-likeness (QED) is 0.662. The van der Waals surface area contributed by atoms with Crippen molar-refractivity contribution in [2.45, 2.75) is 59.8 Å². The number of carboxylic acid groups (broad SMARTS) is 1. The Morgan fingerprint density at radius 2 is 1.90 bits per heavy atom. The van der Waals surface area contributed by atoms with Crippen LogP contribution in [0.1, 0.15) is 67.7 Å². The van der Waals surface area contributed by atoms with E-state index in [4.69, 9.17) is 0 Å². The van der Waals surface area contributed by atoms with Crippen molar-refractivity contribution >= 4 is 11.7 Å². The van der Waals surface area contributed by atoms with Crippen LogP contribution in [0.25, 0.3) is 0 Å². The van der Waals surface area contributed by atoms with Crippen molar-refractivity contribution in [2.24, 2.45) is 5.92 Å². The van der Waals surface area contributed by atoms with Gasteiger partial charge in [-0.05, 0) is 32.3 Å². The summed E-state index contributed by atoms with van der Waals surface area (Å²) < 4.78 is 0. The molecule has 0 saturated heterocycles. The lowest BCUT2D eigenvalue weighted by Crippen LogP contribution is -2.11. The van der Waals surface area contributed by atoms with Gasteiger partial charge in [-0.2, -0.15) is 0 Å². The summed E-state index contributed by atoms with van der Waals surface area (Å²) in [5.41, 5.74) is 2.40. The minimum atomic E-state index is -0.917. The van der Waals surface area contributed by atoms with Crippen molar-refractivity contribution in [3.63, 3.8) is 0 Å². The fourth-order valence-electron chi connectivity index (χ4n) is 2.49. The monoisotopic (exact) mass is 292 g/mol. The number of aryl methyl sites for hydroxylation is 2. The molecule has 1 heterocycles. The van der Waals surface area contributed by atoms with Gasteiger partial charge in [0.1, 0.15) is 5.56 Å². The van der Waals surface area contributed by atoms with Gasteiger partial charge in [0.2, 0.25) is 0 Å². The lowest BCUT2D eigenvalue weighted by Gasteiger charge is -2.12. The standard InChI is InChI=1S/C17H28N2O2/c1-12(2)9-7-5-6-8-10-18-15-11-13(3)19-14(4)16(15)17(20)21/h11-12H,5-10H2,1-4H3,(H,18,19)(H,20,21). The fourth-order valence-corrected chi connectivity index (χ4v) is 2.49. The molecule has 4 heteroatoms. The second-order valence-corrected chi connectivity index (χ2v) is 6.10. The number of nitrogens with one attached hydrogen (secondary N) is 1. The molecule has 118 valence electrons. The first-order chi connectivity index (χ1) is 9.91. The molecule has 0 aromatic carbocycles. The van der Waals surface area contributed by atoms with Gasteiger partial charge in [-0.3, -0.25) is 4.98 Å². The second kappa shape index (κ2) is 8.65. The number of hydrogen-bond donors (Lipinski definition) is 2. The highest BCUT2D eigenvalue weighted by molar-refractivity contribution is 5.95. The van der Waals surface area contributed by atoms with E-state index in [1.54, 1.807) is 6.92 Å². The van der Waals surface area contributed by atoms with Crippen LogP contribution in [0, 0.1) is 19.8 Å². The molecule has 1 rings (SSSR count). The number of rotatable bonds is 9. The van der Waals surface area contributed by atoms with Crippen LogP contribution in [0.4, 0.5) is 5.69 Å². The summed E-state index contributed by atoms with van der Waals surface area (Å²) in [6, 6.07) is 1.81. The van der Waals surface area contributed by atoms with E-state index >= 15 is 0 Å². The van der Waals surface area contributed by atoms with Crippen LogP contribution >= 0.6 is 0 Å². The molecule has 1 aromatic heterocycles. The zero-order valence-corrected chi connectivity index (χ0v) is 13.7. The molecule has 4 nitrogen and oxygen atoms in total. The predicted molar refractivity (Wildman–Crippen MR) is 87.1 cm³/mol. The summed E-state index contributed by atoms with van der Waals surface area (Å²) in [7, 11) is 0. The maximum Gasteiger partial charge on any atom is 0.339 e.